The SMILES string of the molecule is O=C(CN1CCC[C@H]1c1cccc(Cc2ccccc2Cl)n1)N1CCOCC1. The summed E-state index contributed by atoms with van der Waals surface area (Å²) in [5.41, 5.74) is 3.15. The number of likely N-dealkylation sites (tertiary alicyclic amines) is 1. The normalized spacial score (nSPS) is 20.5. The number of carbonyl (C=O) groups excluding carboxylic acids is 1. The molecule has 2 saturated heterocycles. The Morgan fingerprint density at radius 1 is 1.11 bits per heavy atom. The molecule has 6 heteroatoms. The molecule has 1 amide bonds. The Morgan fingerprint density at radius 2 is 1.93 bits per heavy atom. The molecule has 2 aliphatic rings. The van der Waals surface area contributed by atoms with Gasteiger partial charge in [-0.1, -0.05) is 35.9 Å². The number of amides is 1. The van der Waals surface area contributed by atoms with Crippen LogP contribution in [0.2, 0.25) is 5.02 Å². The van der Waals surface area contributed by atoms with Gasteiger partial charge in [0, 0.05) is 30.2 Å². The average molecular weight is 400 g/mol. The summed E-state index contributed by atoms with van der Waals surface area (Å²) >= 11 is 6.31. The molecule has 2 aliphatic heterocycles. The molecule has 1 atom stereocenters. The minimum absolute atomic E-state index is 0.197. The van der Waals surface area contributed by atoms with Crippen molar-refractivity contribution in [1.29, 1.82) is 0 Å². The number of aromatic nitrogens is 1. The second kappa shape index (κ2) is 9.03. The van der Waals surface area contributed by atoms with Crippen LogP contribution in [0.5, 0.6) is 0 Å². The van der Waals surface area contributed by atoms with Gasteiger partial charge < -0.3 is 9.64 Å². The molecule has 4 rings (SSSR count). The number of morpholine rings is 1. The van der Waals surface area contributed by atoms with Crippen LogP contribution in [0.1, 0.15) is 35.8 Å². The zero-order chi connectivity index (χ0) is 19.3. The van der Waals surface area contributed by atoms with E-state index in [0.717, 1.165) is 41.4 Å². The fraction of sp³-hybridized carbons (Fsp3) is 0.455. The highest BCUT2D eigenvalue weighted by Crippen LogP contribution is 2.31. The zero-order valence-corrected chi connectivity index (χ0v) is 16.8. The molecule has 0 bridgehead atoms. The van der Waals surface area contributed by atoms with Crippen LogP contribution in [0.3, 0.4) is 0 Å². The van der Waals surface area contributed by atoms with Crippen LogP contribution < -0.4 is 0 Å². The van der Waals surface area contributed by atoms with Gasteiger partial charge in [-0.15, -0.1) is 0 Å². The summed E-state index contributed by atoms with van der Waals surface area (Å²) in [7, 11) is 0. The van der Waals surface area contributed by atoms with E-state index in [2.05, 4.69) is 17.0 Å². The molecule has 3 heterocycles. The number of pyridine rings is 1. The van der Waals surface area contributed by atoms with Gasteiger partial charge in [0.15, 0.2) is 0 Å². The standard InChI is InChI=1S/C22H26ClN3O2/c23-19-7-2-1-5-17(19)15-18-6-3-8-20(24-18)21-9-4-10-26(21)16-22(27)25-11-13-28-14-12-25/h1-3,5-8,21H,4,9-16H2/t21-/m0/s1. The third kappa shape index (κ3) is 4.54. The van der Waals surface area contributed by atoms with Crippen molar-refractivity contribution in [1.82, 2.24) is 14.8 Å². The third-order valence-corrected chi connectivity index (χ3v) is 5.93. The lowest BCUT2D eigenvalue weighted by Gasteiger charge is -2.30. The van der Waals surface area contributed by atoms with Crippen molar-refractivity contribution in [2.45, 2.75) is 25.3 Å². The number of carbonyl (C=O) groups is 1. The molecule has 1 aromatic heterocycles. The molecule has 2 aromatic rings. The van der Waals surface area contributed by atoms with Crippen LogP contribution >= 0.6 is 11.6 Å². The first-order chi connectivity index (χ1) is 13.7. The minimum Gasteiger partial charge on any atom is -0.378 e. The topological polar surface area (TPSA) is 45.7 Å². The summed E-state index contributed by atoms with van der Waals surface area (Å²) in [4.78, 5) is 21.8. The highest BCUT2D eigenvalue weighted by molar-refractivity contribution is 6.31. The predicted octanol–water partition coefficient (Wildman–Crippen LogP) is 3.32. The van der Waals surface area contributed by atoms with Gasteiger partial charge in [-0.3, -0.25) is 14.7 Å². The Morgan fingerprint density at radius 3 is 2.75 bits per heavy atom. The van der Waals surface area contributed by atoms with Crippen molar-refractivity contribution in [3.63, 3.8) is 0 Å². The highest BCUT2D eigenvalue weighted by Gasteiger charge is 2.30. The van der Waals surface area contributed by atoms with Gasteiger partial charge in [0.1, 0.15) is 0 Å². The molecule has 2 fully saturated rings. The van der Waals surface area contributed by atoms with E-state index in [1.54, 1.807) is 0 Å². The van der Waals surface area contributed by atoms with Crippen molar-refractivity contribution in [3.8, 4) is 0 Å². The fourth-order valence-electron chi connectivity index (χ4n) is 4.06. The molecule has 0 aliphatic carbocycles. The number of halogens is 1. The maximum absolute atomic E-state index is 12.7. The second-order valence-corrected chi connectivity index (χ2v) is 7.85. The van der Waals surface area contributed by atoms with Crippen molar-refractivity contribution in [2.24, 2.45) is 0 Å². The molecule has 1 aromatic carbocycles. The molecule has 0 N–H and O–H groups in total. The van der Waals surface area contributed by atoms with Gasteiger partial charge in [-0.05, 0) is 43.1 Å². The fourth-order valence-corrected chi connectivity index (χ4v) is 4.26. The molecule has 0 saturated carbocycles. The monoisotopic (exact) mass is 399 g/mol. The van der Waals surface area contributed by atoms with Crippen LogP contribution in [-0.4, -0.2) is 60.1 Å². The number of hydrogen-bond acceptors (Lipinski definition) is 4. The van der Waals surface area contributed by atoms with E-state index in [0.29, 0.717) is 39.3 Å². The third-order valence-electron chi connectivity index (χ3n) is 5.56. The molecular weight excluding hydrogens is 374 g/mol. The zero-order valence-electron chi connectivity index (χ0n) is 16.0. The largest absolute Gasteiger partial charge is 0.378 e. The lowest BCUT2D eigenvalue weighted by Crippen LogP contribution is -2.45. The van der Waals surface area contributed by atoms with Crippen molar-refractivity contribution >= 4 is 17.5 Å². The number of hydrogen-bond donors (Lipinski definition) is 0. The summed E-state index contributed by atoms with van der Waals surface area (Å²) in [5.74, 6) is 0.197. The molecule has 0 spiro atoms. The van der Waals surface area contributed by atoms with Gasteiger partial charge in [0.2, 0.25) is 5.91 Å². The van der Waals surface area contributed by atoms with E-state index in [-0.39, 0.29) is 11.9 Å². The maximum Gasteiger partial charge on any atom is 0.236 e. The Labute approximate surface area is 171 Å². The van der Waals surface area contributed by atoms with E-state index in [1.165, 1.54) is 0 Å². The number of ether oxygens (including phenoxy) is 1. The van der Waals surface area contributed by atoms with Crippen LogP contribution in [0.4, 0.5) is 0 Å². The van der Waals surface area contributed by atoms with E-state index in [1.807, 2.05) is 35.2 Å². The molecule has 0 unspecified atom stereocenters. The van der Waals surface area contributed by atoms with Gasteiger partial charge >= 0.3 is 0 Å². The summed E-state index contributed by atoms with van der Waals surface area (Å²) in [6, 6.07) is 14.3. The van der Waals surface area contributed by atoms with Gasteiger partial charge in [-0.25, -0.2) is 0 Å². The first-order valence-electron chi connectivity index (χ1n) is 9.99. The van der Waals surface area contributed by atoms with Crippen LogP contribution in [-0.2, 0) is 16.0 Å². The highest BCUT2D eigenvalue weighted by atomic mass is 35.5. The van der Waals surface area contributed by atoms with Crippen LogP contribution in [0.15, 0.2) is 42.5 Å². The second-order valence-electron chi connectivity index (χ2n) is 7.44. The summed E-state index contributed by atoms with van der Waals surface area (Å²) in [6.45, 7) is 4.08. The lowest BCUT2D eigenvalue weighted by atomic mass is 10.1. The summed E-state index contributed by atoms with van der Waals surface area (Å²) in [5, 5.41) is 0.772. The predicted molar refractivity (Wildman–Crippen MR) is 109 cm³/mol. The van der Waals surface area contributed by atoms with Crippen molar-refractivity contribution < 1.29 is 9.53 Å². The molecule has 28 heavy (non-hydrogen) atoms. The molecule has 0 radical (unpaired) electrons. The summed E-state index contributed by atoms with van der Waals surface area (Å²) in [6.07, 6.45) is 2.85. The van der Waals surface area contributed by atoms with E-state index in [9.17, 15) is 4.79 Å². The first-order valence-corrected chi connectivity index (χ1v) is 10.4. The van der Waals surface area contributed by atoms with Gasteiger partial charge in [0.25, 0.3) is 0 Å². The number of rotatable bonds is 5. The Balaban J connectivity index is 1.45. The van der Waals surface area contributed by atoms with Crippen molar-refractivity contribution in [2.75, 3.05) is 39.4 Å². The summed E-state index contributed by atoms with van der Waals surface area (Å²) < 4.78 is 5.35. The smallest absolute Gasteiger partial charge is 0.236 e. The Hall–Kier alpha value is -1.95. The van der Waals surface area contributed by atoms with Gasteiger partial charge in [-0.2, -0.15) is 0 Å². The number of benzene rings is 1. The average Bonchev–Trinajstić information content (AvgIpc) is 3.19. The molecule has 148 valence electrons. The Bertz CT molecular complexity index is 823. The lowest BCUT2D eigenvalue weighted by molar-refractivity contribution is -0.136. The quantitative estimate of drug-likeness (QED) is 0.773. The molecule has 5 nitrogen and oxygen atoms in total. The van der Waals surface area contributed by atoms with Crippen LogP contribution in [0, 0.1) is 0 Å². The maximum atomic E-state index is 12.7. The first kappa shape index (κ1) is 19.4. The molecular formula is C22H26ClN3O2. The minimum atomic E-state index is 0.197. The van der Waals surface area contributed by atoms with E-state index in [4.69, 9.17) is 21.3 Å². The van der Waals surface area contributed by atoms with E-state index >= 15 is 0 Å². The Kier molecular flexibility index (Phi) is 6.25. The van der Waals surface area contributed by atoms with Gasteiger partial charge in [0.05, 0.1) is 31.5 Å². The van der Waals surface area contributed by atoms with E-state index < -0.39 is 0 Å². The van der Waals surface area contributed by atoms with Crippen LogP contribution in [0.25, 0.3) is 0 Å². The van der Waals surface area contributed by atoms with Crippen molar-refractivity contribution in [3.05, 3.63) is 64.4 Å². The number of nitrogens with zero attached hydrogens (tertiary/aromatic N) is 3.